The van der Waals surface area contributed by atoms with Crippen molar-refractivity contribution in [3.63, 3.8) is 0 Å². The highest BCUT2D eigenvalue weighted by Crippen LogP contribution is 2.22. The average Bonchev–Trinajstić information content (AvgIpc) is 2.86. The zero-order valence-electron chi connectivity index (χ0n) is 13.5. The smallest absolute Gasteiger partial charge is 0.262 e. The third-order valence-electron chi connectivity index (χ3n) is 4.03. The summed E-state index contributed by atoms with van der Waals surface area (Å²) in [6.07, 6.45) is 0. The van der Waals surface area contributed by atoms with Crippen molar-refractivity contribution in [3.05, 3.63) is 70.8 Å². The van der Waals surface area contributed by atoms with E-state index in [1.54, 1.807) is 36.4 Å². The van der Waals surface area contributed by atoms with Gasteiger partial charge in [0.05, 0.1) is 17.2 Å². The standard InChI is InChI=1S/C19H15N3O3/c1-12-6-8-13(9-7-12)16(10-20)21-17(23)11-22-18(24)14-4-2-3-5-15(14)19(22)25/h2-9,16H,11H2,1H3,(H,21,23). The summed E-state index contributed by atoms with van der Waals surface area (Å²) in [4.78, 5) is 37.7. The molecule has 1 atom stereocenters. The Morgan fingerprint density at radius 2 is 1.64 bits per heavy atom. The Balaban J connectivity index is 1.71. The summed E-state index contributed by atoms with van der Waals surface area (Å²) in [6, 6.07) is 14.8. The van der Waals surface area contributed by atoms with Crippen molar-refractivity contribution >= 4 is 17.7 Å². The Bertz CT molecular complexity index is 862. The number of rotatable bonds is 4. The van der Waals surface area contributed by atoms with Gasteiger partial charge in [-0.2, -0.15) is 5.26 Å². The number of benzene rings is 2. The predicted octanol–water partition coefficient (Wildman–Crippen LogP) is 1.97. The number of hydrogen-bond donors (Lipinski definition) is 1. The minimum absolute atomic E-state index is 0.288. The molecule has 0 aromatic heterocycles. The fourth-order valence-corrected chi connectivity index (χ4v) is 2.68. The number of nitrogens with zero attached hydrogens (tertiary/aromatic N) is 2. The molecule has 25 heavy (non-hydrogen) atoms. The Labute approximate surface area is 144 Å². The molecule has 0 saturated carbocycles. The van der Waals surface area contributed by atoms with Crippen LogP contribution in [0, 0.1) is 18.3 Å². The Kier molecular flexibility index (Phi) is 4.31. The van der Waals surface area contributed by atoms with Crippen molar-refractivity contribution in [1.82, 2.24) is 10.2 Å². The van der Waals surface area contributed by atoms with Crippen molar-refractivity contribution in [2.45, 2.75) is 13.0 Å². The molecule has 2 aromatic carbocycles. The Morgan fingerprint density at radius 3 is 2.16 bits per heavy atom. The van der Waals surface area contributed by atoms with E-state index >= 15 is 0 Å². The van der Waals surface area contributed by atoms with Crippen molar-refractivity contribution in [1.29, 1.82) is 5.26 Å². The van der Waals surface area contributed by atoms with Crippen LogP contribution in [0.2, 0.25) is 0 Å². The van der Waals surface area contributed by atoms with Crippen LogP contribution in [0.4, 0.5) is 0 Å². The molecule has 3 amide bonds. The average molecular weight is 333 g/mol. The number of aryl methyl sites for hydroxylation is 1. The van der Waals surface area contributed by atoms with E-state index in [1.807, 2.05) is 25.1 Å². The maximum atomic E-state index is 12.3. The summed E-state index contributed by atoms with van der Waals surface area (Å²) in [5.74, 6) is -1.57. The van der Waals surface area contributed by atoms with Gasteiger partial charge in [0.25, 0.3) is 11.8 Å². The lowest BCUT2D eigenvalue weighted by molar-refractivity contribution is -0.121. The van der Waals surface area contributed by atoms with Gasteiger partial charge in [0.15, 0.2) is 0 Å². The van der Waals surface area contributed by atoms with Gasteiger partial charge in [-0.25, -0.2) is 0 Å². The lowest BCUT2D eigenvalue weighted by Gasteiger charge is -2.16. The second kappa shape index (κ2) is 6.57. The first-order chi connectivity index (χ1) is 12.0. The third-order valence-corrected chi connectivity index (χ3v) is 4.03. The van der Waals surface area contributed by atoms with Crippen molar-refractivity contribution in [2.75, 3.05) is 6.54 Å². The van der Waals surface area contributed by atoms with Crippen LogP contribution < -0.4 is 5.32 Å². The monoisotopic (exact) mass is 333 g/mol. The number of imide groups is 1. The molecule has 1 unspecified atom stereocenters. The molecule has 6 heteroatoms. The summed E-state index contributed by atoms with van der Waals surface area (Å²) in [5, 5.41) is 11.8. The molecule has 6 nitrogen and oxygen atoms in total. The number of nitriles is 1. The molecular weight excluding hydrogens is 318 g/mol. The minimum atomic E-state index is -0.844. The molecule has 0 fully saturated rings. The van der Waals surface area contributed by atoms with Crippen LogP contribution in [0.3, 0.4) is 0 Å². The number of amides is 3. The highest BCUT2D eigenvalue weighted by Gasteiger charge is 2.36. The largest absolute Gasteiger partial charge is 0.335 e. The van der Waals surface area contributed by atoms with Crippen LogP contribution in [0.5, 0.6) is 0 Å². The molecule has 0 saturated heterocycles. The highest BCUT2D eigenvalue weighted by molar-refractivity contribution is 6.22. The maximum absolute atomic E-state index is 12.3. The molecular formula is C19H15N3O3. The van der Waals surface area contributed by atoms with E-state index < -0.39 is 30.3 Å². The number of fused-ring (bicyclic) bond motifs is 1. The number of nitrogens with one attached hydrogen (secondary N) is 1. The number of carbonyl (C=O) groups is 3. The SMILES string of the molecule is Cc1ccc(C(C#N)NC(=O)CN2C(=O)c3ccccc3C2=O)cc1. The molecule has 1 N–H and O–H groups in total. The van der Waals surface area contributed by atoms with E-state index in [4.69, 9.17) is 0 Å². The molecule has 1 aliphatic rings. The van der Waals surface area contributed by atoms with E-state index in [0.717, 1.165) is 10.5 Å². The van der Waals surface area contributed by atoms with Crippen LogP contribution in [0.25, 0.3) is 0 Å². The predicted molar refractivity (Wildman–Crippen MR) is 89.5 cm³/mol. The first kappa shape index (κ1) is 16.4. The van der Waals surface area contributed by atoms with Crippen molar-refractivity contribution in [2.24, 2.45) is 0 Å². The van der Waals surface area contributed by atoms with E-state index in [2.05, 4.69) is 5.32 Å². The van der Waals surface area contributed by atoms with E-state index in [0.29, 0.717) is 5.56 Å². The lowest BCUT2D eigenvalue weighted by atomic mass is 10.1. The van der Waals surface area contributed by atoms with Gasteiger partial charge in [-0.05, 0) is 24.6 Å². The van der Waals surface area contributed by atoms with Gasteiger partial charge in [-0.3, -0.25) is 19.3 Å². The van der Waals surface area contributed by atoms with Gasteiger partial charge >= 0.3 is 0 Å². The number of carbonyl (C=O) groups excluding carboxylic acids is 3. The van der Waals surface area contributed by atoms with Crippen LogP contribution in [0.15, 0.2) is 48.5 Å². The summed E-state index contributed by atoms with van der Waals surface area (Å²) < 4.78 is 0. The van der Waals surface area contributed by atoms with E-state index in [9.17, 15) is 19.6 Å². The molecule has 3 rings (SSSR count). The van der Waals surface area contributed by atoms with E-state index in [-0.39, 0.29) is 11.1 Å². The Hall–Kier alpha value is -3.46. The zero-order valence-corrected chi connectivity index (χ0v) is 13.5. The van der Waals surface area contributed by atoms with Gasteiger partial charge in [-0.15, -0.1) is 0 Å². The van der Waals surface area contributed by atoms with Crippen LogP contribution in [0.1, 0.15) is 37.9 Å². The minimum Gasteiger partial charge on any atom is -0.335 e. The van der Waals surface area contributed by atoms with Gasteiger partial charge in [0.2, 0.25) is 5.91 Å². The fourth-order valence-electron chi connectivity index (χ4n) is 2.68. The summed E-state index contributed by atoms with van der Waals surface area (Å²) in [7, 11) is 0. The molecule has 0 radical (unpaired) electrons. The fraction of sp³-hybridized carbons (Fsp3) is 0.158. The van der Waals surface area contributed by atoms with Gasteiger partial charge in [0, 0.05) is 0 Å². The third kappa shape index (κ3) is 3.12. The van der Waals surface area contributed by atoms with Crippen molar-refractivity contribution < 1.29 is 14.4 Å². The van der Waals surface area contributed by atoms with Gasteiger partial charge < -0.3 is 5.32 Å². The summed E-state index contributed by atoms with van der Waals surface area (Å²) in [5.41, 5.74) is 2.26. The molecule has 0 bridgehead atoms. The van der Waals surface area contributed by atoms with Crippen LogP contribution >= 0.6 is 0 Å². The van der Waals surface area contributed by atoms with Gasteiger partial charge in [0.1, 0.15) is 12.6 Å². The van der Waals surface area contributed by atoms with E-state index in [1.165, 1.54) is 0 Å². The van der Waals surface area contributed by atoms with Crippen LogP contribution in [-0.4, -0.2) is 29.2 Å². The second-order valence-corrected chi connectivity index (χ2v) is 5.78. The van der Waals surface area contributed by atoms with Crippen LogP contribution in [-0.2, 0) is 4.79 Å². The lowest BCUT2D eigenvalue weighted by Crippen LogP contribution is -2.41. The second-order valence-electron chi connectivity index (χ2n) is 5.78. The molecule has 1 aliphatic heterocycles. The highest BCUT2D eigenvalue weighted by atomic mass is 16.2. The Morgan fingerprint density at radius 1 is 1.08 bits per heavy atom. The first-order valence-corrected chi connectivity index (χ1v) is 7.72. The summed E-state index contributed by atoms with van der Waals surface area (Å²) in [6.45, 7) is 1.50. The molecule has 2 aromatic rings. The maximum Gasteiger partial charge on any atom is 0.262 e. The molecule has 0 aliphatic carbocycles. The molecule has 0 spiro atoms. The quantitative estimate of drug-likeness (QED) is 0.866. The normalized spacial score (nSPS) is 14.0. The molecule has 124 valence electrons. The summed E-state index contributed by atoms with van der Waals surface area (Å²) >= 11 is 0. The zero-order chi connectivity index (χ0) is 18.0. The van der Waals surface area contributed by atoms with Gasteiger partial charge in [-0.1, -0.05) is 42.0 Å². The van der Waals surface area contributed by atoms with Crippen molar-refractivity contribution in [3.8, 4) is 6.07 Å². The first-order valence-electron chi connectivity index (χ1n) is 7.72. The molecule has 1 heterocycles. The topological polar surface area (TPSA) is 90.3 Å². The number of hydrogen-bond acceptors (Lipinski definition) is 4.